The van der Waals surface area contributed by atoms with Crippen LogP contribution < -0.4 is 5.32 Å². The lowest BCUT2D eigenvalue weighted by molar-refractivity contribution is -0.159. The number of carbonyl (C=O) groups excluding carboxylic acids is 3. The molecule has 0 aliphatic carbocycles. The molecule has 2 rings (SSSR count). The maximum Gasteiger partial charge on any atom is 0.332 e. The summed E-state index contributed by atoms with van der Waals surface area (Å²) < 4.78 is 10.2. The van der Waals surface area contributed by atoms with E-state index in [1.807, 2.05) is 30.3 Å². The molecular formula is C16H18BNO6. The first-order valence-electron chi connectivity index (χ1n) is 7.53. The van der Waals surface area contributed by atoms with Crippen LogP contribution in [0, 0.1) is 5.92 Å². The Morgan fingerprint density at radius 3 is 2.58 bits per heavy atom. The standard InChI is InChI=1S/C16H18BNO6/c1-9-13(19)11(7-10-5-3-2-4-6-10)14(20)23-8-12(15(21)24-9)18-16(17)22/h2-6,9,11-13,19H,7-8H2,1H3,(H,18,22)/t9-,11+,12-,13-/m0/s1. The first-order chi connectivity index (χ1) is 11.4. The number of nitrogens with one attached hydrogen (secondary N) is 1. The van der Waals surface area contributed by atoms with Gasteiger partial charge in [-0.1, -0.05) is 30.3 Å². The molecule has 1 aliphatic rings. The van der Waals surface area contributed by atoms with Crippen molar-refractivity contribution in [1.29, 1.82) is 0 Å². The molecule has 1 aromatic rings. The molecule has 1 aromatic carbocycles. The van der Waals surface area contributed by atoms with Crippen LogP contribution in [0.25, 0.3) is 0 Å². The van der Waals surface area contributed by atoms with Crippen molar-refractivity contribution < 1.29 is 29.0 Å². The Morgan fingerprint density at radius 1 is 1.29 bits per heavy atom. The first kappa shape index (κ1) is 18.0. The zero-order valence-corrected chi connectivity index (χ0v) is 13.2. The molecule has 0 unspecified atom stereocenters. The predicted molar refractivity (Wildman–Crippen MR) is 84.2 cm³/mol. The molecule has 7 nitrogen and oxygen atoms in total. The van der Waals surface area contributed by atoms with E-state index in [2.05, 4.69) is 5.32 Å². The third-order valence-electron chi connectivity index (χ3n) is 3.79. The Hall–Kier alpha value is -2.35. The van der Waals surface area contributed by atoms with Crippen molar-refractivity contribution in [2.45, 2.75) is 31.6 Å². The SMILES string of the molecule is [B]C(=O)N[C@H]1COC(=O)[C@H](Cc2ccccc2)[C@@H](O)[C@H](C)OC1=O. The van der Waals surface area contributed by atoms with Crippen LogP contribution in [0.15, 0.2) is 30.3 Å². The third kappa shape index (κ3) is 4.58. The molecule has 126 valence electrons. The van der Waals surface area contributed by atoms with Crippen LogP contribution in [0.1, 0.15) is 12.5 Å². The van der Waals surface area contributed by atoms with Crippen molar-refractivity contribution >= 4 is 25.6 Å². The molecule has 0 aromatic heterocycles. The molecular weight excluding hydrogens is 313 g/mol. The van der Waals surface area contributed by atoms with Gasteiger partial charge in [0.15, 0.2) is 11.8 Å². The molecule has 24 heavy (non-hydrogen) atoms. The van der Waals surface area contributed by atoms with Crippen molar-refractivity contribution in [2.75, 3.05) is 6.61 Å². The molecule has 0 spiro atoms. The van der Waals surface area contributed by atoms with E-state index in [4.69, 9.17) is 17.3 Å². The number of aliphatic hydroxyl groups excluding tert-OH is 1. The molecule has 0 saturated carbocycles. The van der Waals surface area contributed by atoms with Gasteiger partial charge < -0.3 is 19.9 Å². The lowest BCUT2D eigenvalue weighted by Crippen LogP contribution is -2.45. The van der Waals surface area contributed by atoms with Gasteiger partial charge in [-0.3, -0.25) is 9.59 Å². The second-order valence-electron chi connectivity index (χ2n) is 5.62. The molecule has 2 N–H and O–H groups in total. The monoisotopic (exact) mass is 331 g/mol. The molecule has 0 bridgehead atoms. The van der Waals surface area contributed by atoms with Crippen molar-refractivity contribution in [1.82, 2.24) is 5.32 Å². The van der Waals surface area contributed by atoms with Gasteiger partial charge in [-0.25, -0.2) is 4.79 Å². The summed E-state index contributed by atoms with van der Waals surface area (Å²) in [5.41, 5.74) is 0.836. The van der Waals surface area contributed by atoms with Gasteiger partial charge in [0.1, 0.15) is 18.8 Å². The van der Waals surface area contributed by atoms with E-state index < -0.39 is 48.5 Å². The lowest BCUT2D eigenvalue weighted by Gasteiger charge is -2.24. The quantitative estimate of drug-likeness (QED) is 0.594. The Balaban J connectivity index is 2.19. The van der Waals surface area contributed by atoms with Crippen LogP contribution in [0.4, 0.5) is 4.79 Å². The maximum atomic E-state index is 12.3. The van der Waals surface area contributed by atoms with Crippen molar-refractivity contribution in [3.8, 4) is 0 Å². The van der Waals surface area contributed by atoms with Gasteiger partial charge in [-0.2, -0.15) is 0 Å². The van der Waals surface area contributed by atoms with E-state index in [9.17, 15) is 19.5 Å². The normalized spacial score (nSPS) is 27.9. The molecule has 8 heteroatoms. The minimum atomic E-state index is -1.24. The van der Waals surface area contributed by atoms with Crippen molar-refractivity contribution in [3.05, 3.63) is 35.9 Å². The summed E-state index contributed by atoms with van der Waals surface area (Å²) in [7, 11) is 4.99. The van der Waals surface area contributed by atoms with Crippen LogP contribution in [0.5, 0.6) is 0 Å². The number of rotatable bonds is 3. The van der Waals surface area contributed by atoms with E-state index in [1.54, 1.807) is 0 Å². The highest BCUT2D eigenvalue weighted by Gasteiger charge is 2.38. The van der Waals surface area contributed by atoms with Crippen molar-refractivity contribution in [2.24, 2.45) is 5.92 Å². The smallest absolute Gasteiger partial charge is 0.332 e. The summed E-state index contributed by atoms with van der Waals surface area (Å²) in [6.45, 7) is 1.06. The second-order valence-corrected chi connectivity index (χ2v) is 5.62. The number of hydrogen-bond acceptors (Lipinski definition) is 6. The zero-order chi connectivity index (χ0) is 17.7. The summed E-state index contributed by atoms with van der Waals surface area (Å²) in [6.07, 6.45) is -1.96. The predicted octanol–water partition coefficient (Wildman–Crippen LogP) is -0.0586. The molecule has 1 aliphatic heterocycles. The average molecular weight is 331 g/mol. The van der Waals surface area contributed by atoms with Crippen LogP contribution in [-0.2, 0) is 25.5 Å². The number of aliphatic hydroxyl groups is 1. The number of cyclic esters (lactones) is 2. The number of ether oxygens (including phenoxy) is 2. The van der Waals surface area contributed by atoms with Crippen molar-refractivity contribution in [3.63, 3.8) is 0 Å². The highest BCUT2D eigenvalue weighted by molar-refractivity contribution is 6.57. The lowest BCUT2D eigenvalue weighted by atomic mass is 9.91. The van der Waals surface area contributed by atoms with E-state index in [0.717, 1.165) is 5.56 Å². The molecule has 2 radical (unpaired) electrons. The number of esters is 2. The zero-order valence-electron chi connectivity index (χ0n) is 13.2. The molecule has 1 amide bonds. The van der Waals surface area contributed by atoms with E-state index in [1.165, 1.54) is 6.92 Å². The van der Waals surface area contributed by atoms with E-state index in [0.29, 0.717) is 0 Å². The fourth-order valence-electron chi connectivity index (χ4n) is 2.49. The Bertz CT molecular complexity index is 608. The summed E-state index contributed by atoms with van der Waals surface area (Å²) in [6, 6.07) is 7.90. The van der Waals surface area contributed by atoms with Gasteiger partial charge in [0.2, 0.25) is 7.85 Å². The minimum Gasteiger partial charge on any atom is -0.463 e. The summed E-state index contributed by atoms with van der Waals surface area (Å²) in [4.78, 5) is 35.3. The van der Waals surface area contributed by atoms with Gasteiger partial charge in [-0.15, -0.1) is 0 Å². The fourth-order valence-corrected chi connectivity index (χ4v) is 2.49. The van der Waals surface area contributed by atoms with E-state index in [-0.39, 0.29) is 6.42 Å². The number of hydrogen-bond donors (Lipinski definition) is 2. The summed E-state index contributed by atoms with van der Waals surface area (Å²) in [5.74, 6) is -3.34. The van der Waals surface area contributed by atoms with Gasteiger partial charge in [0.25, 0.3) is 0 Å². The number of benzene rings is 1. The van der Waals surface area contributed by atoms with Gasteiger partial charge >= 0.3 is 11.9 Å². The topological polar surface area (TPSA) is 102 Å². The summed E-state index contributed by atoms with van der Waals surface area (Å²) >= 11 is 0. The van der Waals surface area contributed by atoms with E-state index >= 15 is 0 Å². The molecule has 1 heterocycles. The Morgan fingerprint density at radius 2 is 1.96 bits per heavy atom. The number of amides is 1. The highest BCUT2D eigenvalue weighted by Crippen LogP contribution is 2.20. The molecule has 4 atom stereocenters. The summed E-state index contributed by atoms with van der Waals surface area (Å²) in [5, 5.41) is 12.5. The van der Waals surface area contributed by atoms with Gasteiger partial charge in [0, 0.05) is 0 Å². The maximum absolute atomic E-state index is 12.3. The Labute approximate surface area is 140 Å². The average Bonchev–Trinajstić information content (AvgIpc) is 2.58. The van der Waals surface area contributed by atoms with Crippen LogP contribution in [0.2, 0.25) is 0 Å². The van der Waals surface area contributed by atoms with Gasteiger partial charge in [0.05, 0.1) is 5.92 Å². The third-order valence-corrected chi connectivity index (χ3v) is 3.79. The minimum absolute atomic E-state index is 0.233. The van der Waals surface area contributed by atoms with Gasteiger partial charge in [-0.05, 0) is 18.9 Å². The number of carbonyl (C=O) groups is 3. The molecule has 1 fully saturated rings. The van der Waals surface area contributed by atoms with Crippen LogP contribution in [0.3, 0.4) is 0 Å². The fraction of sp³-hybridized carbons (Fsp3) is 0.438. The largest absolute Gasteiger partial charge is 0.463 e. The van der Waals surface area contributed by atoms with Crippen LogP contribution in [-0.4, -0.2) is 55.6 Å². The van der Waals surface area contributed by atoms with Crippen LogP contribution >= 0.6 is 0 Å². The molecule has 1 saturated heterocycles. The second kappa shape index (κ2) is 7.96. The first-order valence-corrected chi connectivity index (χ1v) is 7.53. The highest BCUT2D eigenvalue weighted by atomic mass is 16.6. The Kier molecular flexibility index (Phi) is 5.97.